The average molecular weight is 457 g/mol. The third-order valence-corrected chi connectivity index (χ3v) is 10.9. The second-order valence-electron chi connectivity index (χ2n) is 6.82. The van der Waals surface area contributed by atoms with Gasteiger partial charge in [-0.15, -0.1) is 0 Å². The Bertz CT molecular complexity index is 952. The van der Waals surface area contributed by atoms with Crippen molar-refractivity contribution >= 4 is 39.1 Å². The molecule has 0 amide bonds. The Morgan fingerprint density at radius 2 is 1.58 bits per heavy atom. The van der Waals surface area contributed by atoms with Gasteiger partial charge in [0, 0.05) is 0 Å². The van der Waals surface area contributed by atoms with Gasteiger partial charge in [-0.05, 0) is 0 Å². The molecule has 0 spiro atoms. The van der Waals surface area contributed by atoms with Gasteiger partial charge in [-0.25, -0.2) is 0 Å². The Labute approximate surface area is 162 Å². The van der Waals surface area contributed by atoms with Crippen molar-refractivity contribution in [3.05, 3.63) is 60.2 Å². The van der Waals surface area contributed by atoms with Gasteiger partial charge in [0.2, 0.25) is 0 Å². The number of hydrogen-bond acceptors (Lipinski definition) is 4. The quantitative estimate of drug-likeness (QED) is 0.622. The van der Waals surface area contributed by atoms with Crippen LogP contribution in [0.1, 0.15) is 5.56 Å². The molecule has 1 fully saturated rings. The van der Waals surface area contributed by atoms with Gasteiger partial charge >= 0.3 is 162 Å². The van der Waals surface area contributed by atoms with Crippen molar-refractivity contribution in [1.82, 2.24) is 0 Å². The molecule has 7 heteroatoms. The van der Waals surface area contributed by atoms with Gasteiger partial charge in [0.1, 0.15) is 0 Å². The van der Waals surface area contributed by atoms with Crippen LogP contribution in [0.25, 0.3) is 0 Å². The zero-order valence-electron chi connectivity index (χ0n) is 14.5. The van der Waals surface area contributed by atoms with E-state index in [9.17, 15) is 16.8 Å². The molecule has 2 aromatic rings. The molecule has 140 valence electrons. The number of benzene rings is 2. The van der Waals surface area contributed by atoms with Crippen molar-refractivity contribution in [3.8, 4) is 0 Å². The Kier molecular flexibility index (Phi) is 5.92. The van der Waals surface area contributed by atoms with E-state index in [0.29, 0.717) is 0 Å². The molecule has 0 saturated carbocycles. The first-order valence-electron chi connectivity index (χ1n) is 8.43. The summed E-state index contributed by atoms with van der Waals surface area (Å²) in [4.78, 5) is 0.278. The van der Waals surface area contributed by atoms with E-state index in [0.717, 1.165) is 10.9 Å². The van der Waals surface area contributed by atoms with Crippen LogP contribution in [0.5, 0.6) is 0 Å². The van der Waals surface area contributed by atoms with Crippen LogP contribution in [0.4, 0.5) is 0 Å². The van der Waals surface area contributed by atoms with Crippen LogP contribution < -0.4 is 4.46 Å². The van der Waals surface area contributed by atoms with E-state index in [1.807, 2.05) is 37.3 Å². The van der Waals surface area contributed by atoms with Crippen LogP contribution in [-0.2, 0) is 19.7 Å². The van der Waals surface area contributed by atoms with E-state index < -0.39 is 19.7 Å². The van der Waals surface area contributed by atoms with E-state index >= 15 is 0 Å². The topological polar surface area (TPSA) is 68.3 Å². The van der Waals surface area contributed by atoms with Gasteiger partial charge in [-0.3, -0.25) is 0 Å². The van der Waals surface area contributed by atoms with E-state index in [1.165, 1.54) is 4.46 Å². The van der Waals surface area contributed by atoms with Crippen LogP contribution >= 0.6 is 0 Å². The van der Waals surface area contributed by atoms with Crippen LogP contribution in [0.2, 0.25) is 5.32 Å². The van der Waals surface area contributed by atoms with Gasteiger partial charge in [-0.1, -0.05) is 0 Å². The standard InChI is InChI=1S/C19H22O4S2Se/c1-15-7-9-18(10-8-15)25(22,23)13-16-11-24(20,21)12-17(16)14-26-19-5-3-2-4-6-19/h2-10,16-17H,11-14H2,1H3. The predicted octanol–water partition coefficient (Wildman–Crippen LogP) is 1.88. The van der Waals surface area contributed by atoms with E-state index in [-0.39, 0.29) is 48.9 Å². The maximum absolute atomic E-state index is 12.7. The van der Waals surface area contributed by atoms with Crippen molar-refractivity contribution < 1.29 is 16.8 Å². The second kappa shape index (κ2) is 7.85. The van der Waals surface area contributed by atoms with Crippen molar-refractivity contribution in [3.63, 3.8) is 0 Å². The summed E-state index contributed by atoms with van der Waals surface area (Å²) in [6, 6.07) is 16.7. The van der Waals surface area contributed by atoms with Crippen LogP contribution in [0.3, 0.4) is 0 Å². The average Bonchev–Trinajstić information content (AvgIpc) is 2.87. The van der Waals surface area contributed by atoms with E-state index in [4.69, 9.17) is 0 Å². The third-order valence-electron chi connectivity index (χ3n) is 4.62. The van der Waals surface area contributed by atoms with Crippen LogP contribution in [0, 0.1) is 18.8 Å². The first-order valence-corrected chi connectivity index (χ1v) is 14.0. The Morgan fingerprint density at radius 3 is 2.23 bits per heavy atom. The summed E-state index contributed by atoms with van der Waals surface area (Å²) < 4.78 is 51.0. The number of hydrogen-bond donors (Lipinski definition) is 0. The fourth-order valence-corrected chi connectivity index (χ4v) is 10.0. The van der Waals surface area contributed by atoms with Crippen molar-refractivity contribution in [2.45, 2.75) is 17.1 Å². The molecule has 2 aromatic carbocycles. The second-order valence-corrected chi connectivity index (χ2v) is 13.3. The summed E-state index contributed by atoms with van der Waals surface area (Å²) in [6.07, 6.45) is 0. The molecule has 4 nitrogen and oxygen atoms in total. The SMILES string of the molecule is Cc1ccc(S(=O)(=O)CC2CS(=O)(=O)CC2C[Se]c2ccccc2)cc1. The molecule has 1 aliphatic heterocycles. The summed E-state index contributed by atoms with van der Waals surface area (Å²) in [5.41, 5.74) is 0.996. The van der Waals surface area contributed by atoms with Gasteiger partial charge in [0.15, 0.2) is 0 Å². The summed E-state index contributed by atoms with van der Waals surface area (Å²) >= 11 is 0.150. The Balaban J connectivity index is 1.74. The number of sulfone groups is 2. The molecule has 1 heterocycles. The van der Waals surface area contributed by atoms with E-state index in [2.05, 4.69) is 0 Å². The fourth-order valence-electron chi connectivity index (χ4n) is 3.20. The van der Waals surface area contributed by atoms with E-state index in [1.54, 1.807) is 24.3 Å². The Hall–Kier alpha value is -1.14. The minimum absolute atomic E-state index is 0.0202. The first kappa shape index (κ1) is 19.6. The minimum atomic E-state index is -3.48. The first-order chi connectivity index (χ1) is 12.3. The molecule has 0 bridgehead atoms. The summed E-state index contributed by atoms with van der Waals surface area (Å²) in [6.45, 7) is 1.90. The molecular formula is C19H22O4S2Se. The van der Waals surface area contributed by atoms with Gasteiger partial charge in [-0.2, -0.15) is 0 Å². The summed E-state index contributed by atoms with van der Waals surface area (Å²) in [7, 11) is -6.65. The predicted molar refractivity (Wildman–Crippen MR) is 106 cm³/mol. The van der Waals surface area contributed by atoms with Crippen molar-refractivity contribution in [2.75, 3.05) is 17.3 Å². The van der Waals surface area contributed by atoms with Gasteiger partial charge in [0.25, 0.3) is 0 Å². The molecule has 0 aliphatic carbocycles. The molecule has 2 atom stereocenters. The molecule has 0 aromatic heterocycles. The normalized spacial score (nSPS) is 22.3. The molecule has 1 aliphatic rings. The van der Waals surface area contributed by atoms with Gasteiger partial charge < -0.3 is 0 Å². The Morgan fingerprint density at radius 1 is 0.962 bits per heavy atom. The molecular weight excluding hydrogens is 435 g/mol. The number of rotatable bonds is 6. The summed E-state index contributed by atoms with van der Waals surface area (Å²) in [5.74, 6) is -0.411. The molecule has 1 saturated heterocycles. The molecule has 0 radical (unpaired) electrons. The molecule has 0 N–H and O–H groups in total. The molecule has 2 unspecified atom stereocenters. The van der Waals surface area contributed by atoms with Gasteiger partial charge in [0.05, 0.1) is 0 Å². The summed E-state index contributed by atoms with van der Waals surface area (Å²) in [5, 5.41) is 0.754. The van der Waals surface area contributed by atoms with Crippen molar-refractivity contribution in [1.29, 1.82) is 0 Å². The fraction of sp³-hybridized carbons (Fsp3) is 0.368. The van der Waals surface area contributed by atoms with Crippen LogP contribution in [0.15, 0.2) is 59.5 Å². The number of aryl methyl sites for hydroxylation is 1. The maximum atomic E-state index is 12.7. The zero-order valence-corrected chi connectivity index (χ0v) is 17.9. The molecule has 3 rings (SSSR count). The van der Waals surface area contributed by atoms with Crippen LogP contribution in [-0.4, -0.2) is 49.1 Å². The van der Waals surface area contributed by atoms with Crippen molar-refractivity contribution in [2.24, 2.45) is 11.8 Å². The molecule has 26 heavy (non-hydrogen) atoms. The third kappa shape index (κ3) is 4.97. The zero-order chi connectivity index (χ0) is 18.8. The monoisotopic (exact) mass is 458 g/mol.